The van der Waals surface area contributed by atoms with E-state index < -0.39 is 16.0 Å². The van der Waals surface area contributed by atoms with Crippen molar-refractivity contribution in [3.63, 3.8) is 0 Å². The first kappa shape index (κ1) is 22.3. The number of carboxylic acid groups (broad SMARTS) is 1. The molecule has 0 spiro atoms. The van der Waals surface area contributed by atoms with Crippen LogP contribution in [0.1, 0.15) is 26.2 Å². The molecule has 0 amide bonds. The third-order valence-electron chi connectivity index (χ3n) is 3.83. The lowest BCUT2D eigenvalue weighted by molar-refractivity contribution is -0.137. The van der Waals surface area contributed by atoms with Crippen LogP contribution in [0.2, 0.25) is 10.0 Å². The Labute approximate surface area is 174 Å². The molecule has 0 aliphatic heterocycles. The summed E-state index contributed by atoms with van der Waals surface area (Å²) in [6.07, 6.45) is 0.865. The molecular formula is C19H21Cl2NO5S. The molecule has 2 rings (SSSR count). The molecule has 0 radical (unpaired) electrons. The van der Waals surface area contributed by atoms with E-state index >= 15 is 0 Å². The first-order chi connectivity index (χ1) is 13.3. The largest absolute Gasteiger partial charge is 0.494 e. The average molecular weight is 446 g/mol. The van der Waals surface area contributed by atoms with E-state index in [-0.39, 0.29) is 34.3 Å². The number of carboxylic acids is 1. The summed E-state index contributed by atoms with van der Waals surface area (Å²) in [5.41, 5.74) is 0.403. The van der Waals surface area contributed by atoms with Crippen molar-refractivity contribution in [2.24, 2.45) is 0 Å². The van der Waals surface area contributed by atoms with Crippen molar-refractivity contribution in [2.75, 3.05) is 17.5 Å². The van der Waals surface area contributed by atoms with Gasteiger partial charge in [-0.2, -0.15) is 0 Å². The topological polar surface area (TPSA) is 83.9 Å². The van der Waals surface area contributed by atoms with Gasteiger partial charge in [-0.05, 0) is 55.3 Å². The van der Waals surface area contributed by atoms with E-state index in [0.29, 0.717) is 18.0 Å². The van der Waals surface area contributed by atoms with E-state index in [0.717, 1.165) is 6.42 Å². The van der Waals surface area contributed by atoms with Crippen molar-refractivity contribution in [1.82, 2.24) is 0 Å². The van der Waals surface area contributed by atoms with Crippen LogP contribution in [0.25, 0.3) is 0 Å². The van der Waals surface area contributed by atoms with E-state index in [1.807, 2.05) is 6.92 Å². The number of ether oxygens (including phenoxy) is 1. The van der Waals surface area contributed by atoms with Gasteiger partial charge in [0.1, 0.15) is 5.75 Å². The van der Waals surface area contributed by atoms with Crippen LogP contribution in [-0.4, -0.2) is 32.6 Å². The minimum absolute atomic E-state index is 0.00401. The van der Waals surface area contributed by atoms with Crippen molar-refractivity contribution in [3.8, 4) is 5.75 Å². The molecule has 152 valence electrons. The zero-order valence-electron chi connectivity index (χ0n) is 15.3. The maximum absolute atomic E-state index is 13.2. The number of hydrogen-bond donors (Lipinski definition) is 1. The monoisotopic (exact) mass is 445 g/mol. The second-order valence-corrected chi connectivity index (χ2v) is 8.67. The molecule has 0 fully saturated rings. The maximum atomic E-state index is 13.2. The van der Waals surface area contributed by atoms with Crippen LogP contribution in [0.15, 0.2) is 47.4 Å². The molecule has 6 nitrogen and oxygen atoms in total. The fourth-order valence-electron chi connectivity index (χ4n) is 2.46. The molecular weight excluding hydrogens is 425 g/mol. The Bertz CT molecular complexity index is 916. The average Bonchev–Trinajstić information content (AvgIpc) is 2.66. The highest BCUT2D eigenvalue weighted by atomic mass is 35.5. The Morgan fingerprint density at radius 3 is 2.36 bits per heavy atom. The number of rotatable bonds is 10. The van der Waals surface area contributed by atoms with Gasteiger partial charge in [0.2, 0.25) is 0 Å². The van der Waals surface area contributed by atoms with E-state index in [2.05, 4.69) is 0 Å². The standard InChI is InChI=1S/C19H21Cl2NO5S/c1-2-12-27-15-7-5-14(6-8-15)22(11-3-4-19(23)24)28(25,26)16-9-10-17(20)18(21)13-16/h5-10,13H,2-4,11-12H2,1H3,(H,23,24). The predicted octanol–water partition coefficient (Wildman–Crippen LogP) is 4.84. The van der Waals surface area contributed by atoms with Crippen molar-refractivity contribution in [1.29, 1.82) is 0 Å². The molecule has 1 N–H and O–H groups in total. The molecule has 0 aliphatic carbocycles. The third-order valence-corrected chi connectivity index (χ3v) is 6.39. The smallest absolute Gasteiger partial charge is 0.303 e. The summed E-state index contributed by atoms with van der Waals surface area (Å²) in [6.45, 7) is 2.55. The van der Waals surface area contributed by atoms with Crippen LogP contribution in [0.3, 0.4) is 0 Å². The number of benzene rings is 2. The number of sulfonamides is 1. The molecule has 9 heteroatoms. The van der Waals surface area contributed by atoms with Gasteiger partial charge in [0.15, 0.2) is 0 Å². The van der Waals surface area contributed by atoms with Gasteiger partial charge in [-0.25, -0.2) is 8.42 Å². The Morgan fingerprint density at radius 2 is 1.79 bits per heavy atom. The van der Waals surface area contributed by atoms with Crippen LogP contribution in [0, 0.1) is 0 Å². The molecule has 2 aromatic rings. The molecule has 0 saturated carbocycles. The predicted molar refractivity (Wildman–Crippen MR) is 110 cm³/mol. The third kappa shape index (κ3) is 5.77. The first-order valence-electron chi connectivity index (χ1n) is 8.68. The number of carbonyl (C=O) groups is 1. The summed E-state index contributed by atoms with van der Waals surface area (Å²) < 4.78 is 33.0. The van der Waals surface area contributed by atoms with E-state index in [9.17, 15) is 13.2 Å². The number of nitrogens with zero attached hydrogens (tertiary/aromatic N) is 1. The summed E-state index contributed by atoms with van der Waals surface area (Å²) in [7, 11) is -3.96. The minimum atomic E-state index is -3.96. The van der Waals surface area contributed by atoms with Gasteiger partial charge in [0, 0.05) is 13.0 Å². The summed E-state index contributed by atoms with van der Waals surface area (Å²) in [5.74, 6) is -0.363. The van der Waals surface area contributed by atoms with Gasteiger partial charge in [0.05, 0.1) is 27.2 Å². The molecule has 0 aromatic heterocycles. The number of aliphatic carboxylic acids is 1. The maximum Gasteiger partial charge on any atom is 0.303 e. The molecule has 0 unspecified atom stereocenters. The Morgan fingerprint density at radius 1 is 1.11 bits per heavy atom. The van der Waals surface area contributed by atoms with Crippen LogP contribution in [0.5, 0.6) is 5.75 Å². The highest BCUT2D eigenvalue weighted by Crippen LogP contribution is 2.30. The molecule has 2 aromatic carbocycles. The second-order valence-electron chi connectivity index (χ2n) is 5.99. The summed E-state index contributed by atoms with van der Waals surface area (Å²) in [4.78, 5) is 10.8. The molecule has 0 bridgehead atoms. The summed E-state index contributed by atoms with van der Waals surface area (Å²) in [5, 5.41) is 9.25. The SMILES string of the molecule is CCCOc1ccc(N(CCCC(=O)O)S(=O)(=O)c2ccc(Cl)c(Cl)c2)cc1. The fraction of sp³-hybridized carbons (Fsp3) is 0.316. The highest BCUT2D eigenvalue weighted by Gasteiger charge is 2.25. The molecule has 0 heterocycles. The molecule has 0 atom stereocenters. The Kier molecular flexibility index (Phi) is 7.98. The van der Waals surface area contributed by atoms with Crippen molar-refractivity contribution in [2.45, 2.75) is 31.1 Å². The number of hydrogen-bond acceptors (Lipinski definition) is 4. The van der Waals surface area contributed by atoms with E-state index in [1.54, 1.807) is 24.3 Å². The van der Waals surface area contributed by atoms with Crippen molar-refractivity contribution < 1.29 is 23.1 Å². The lowest BCUT2D eigenvalue weighted by atomic mass is 10.2. The van der Waals surface area contributed by atoms with E-state index in [1.165, 1.54) is 22.5 Å². The van der Waals surface area contributed by atoms with Crippen LogP contribution < -0.4 is 9.04 Å². The van der Waals surface area contributed by atoms with Crippen molar-refractivity contribution >= 4 is 44.9 Å². The minimum Gasteiger partial charge on any atom is -0.494 e. The Balaban J connectivity index is 2.37. The van der Waals surface area contributed by atoms with Crippen LogP contribution in [-0.2, 0) is 14.8 Å². The summed E-state index contributed by atoms with van der Waals surface area (Å²) in [6, 6.07) is 10.7. The van der Waals surface area contributed by atoms with Crippen LogP contribution >= 0.6 is 23.2 Å². The number of anilines is 1. The normalized spacial score (nSPS) is 11.2. The van der Waals surface area contributed by atoms with Gasteiger partial charge in [-0.1, -0.05) is 30.1 Å². The fourth-order valence-corrected chi connectivity index (χ4v) is 4.35. The lowest BCUT2D eigenvalue weighted by Crippen LogP contribution is -2.32. The first-order valence-corrected chi connectivity index (χ1v) is 10.9. The Hall–Kier alpha value is -1.96. The van der Waals surface area contributed by atoms with E-state index in [4.69, 9.17) is 33.0 Å². The lowest BCUT2D eigenvalue weighted by Gasteiger charge is -2.25. The highest BCUT2D eigenvalue weighted by molar-refractivity contribution is 7.92. The number of halogens is 2. The molecule has 0 aliphatic rings. The van der Waals surface area contributed by atoms with Crippen molar-refractivity contribution in [3.05, 3.63) is 52.5 Å². The van der Waals surface area contributed by atoms with Gasteiger partial charge in [-0.3, -0.25) is 9.10 Å². The quantitative estimate of drug-likeness (QED) is 0.565. The molecule has 28 heavy (non-hydrogen) atoms. The van der Waals surface area contributed by atoms with Gasteiger partial charge in [0.25, 0.3) is 10.0 Å². The zero-order chi connectivity index (χ0) is 20.7. The second kappa shape index (κ2) is 10.0. The van der Waals surface area contributed by atoms with Gasteiger partial charge < -0.3 is 9.84 Å². The van der Waals surface area contributed by atoms with Gasteiger partial charge in [-0.15, -0.1) is 0 Å². The zero-order valence-corrected chi connectivity index (χ0v) is 17.6. The summed E-state index contributed by atoms with van der Waals surface area (Å²) >= 11 is 11.9. The van der Waals surface area contributed by atoms with Gasteiger partial charge >= 0.3 is 5.97 Å². The molecule has 0 saturated heterocycles. The van der Waals surface area contributed by atoms with Crippen LogP contribution in [0.4, 0.5) is 5.69 Å².